The number of aliphatic hydroxyl groups is 1. The number of aliphatic hydroxyl groups excluding tert-OH is 1. The zero-order valence-corrected chi connectivity index (χ0v) is 13.6. The largest absolute Gasteiger partial charge is 0.479 e. The van der Waals surface area contributed by atoms with E-state index in [2.05, 4.69) is 5.32 Å². The molecule has 1 aromatic rings. The number of ether oxygens (including phenoxy) is 2. The van der Waals surface area contributed by atoms with Crippen molar-refractivity contribution in [2.45, 2.75) is 26.0 Å². The molecule has 0 aliphatic carbocycles. The second kappa shape index (κ2) is 8.82. The van der Waals surface area contributed by atoms with Crippen molar-refractivity contribution in [1.82, 2.24) is 5.32 Å². The highest BCUT2D eigenvalue weighted by molar-refractivity contribution is 6.35. The first kappa shape index (κ1) is 18.5. The topological polar surface area (TPSA) is 84.9 Å². The fourth-order valence-corrected chi connectivity index (χ4v) is 1.98. The van der Waals surface area contributed by atoms with Crippen molar-refractivity contribution < 1.29 is 24.2 Å². The van der Waals surface area contributed by atoms with Crippen molar-refractivity contribution in [2.75, 3.05) is 13.2 Å². The van der Waals surface area contributed by atoms with Crippen LogP contribution >= 0.6 is 23.2 Å². The minimum atomic E-state index is -1.14. The van der Waals surface area contributed by atoms with Gasteiger partial charge in [0.25, 0.3) is 5.91 Å². The number of halogens is 2. The molecular formula is C14H17Cl2NO5. The average molecular weight is 350 g/mol. The Morgan fingerprint density at radius 3 is 2.59 bits per heavy atom. The van der Waals surface area contributed by atoms with Crippen LogP contribution in [0.15, 0.2) is 18.2 Å². The van der Waals surface area contributed by atoms with Gasteiger partial charge < -0.3 is 19.9 Å². The second-order valence-corrected chi connectivity index (χ2v) is 5.17. The zero-order chi connectivity index (χ0) is 16.7. The van der Waals surface area contributed by atoms with Gasteiger partial charge in [-0.25, -0.2) is 4.79 Å². The molecule has 0 aliphatic heterocycles. The molecule has 0 spiro atoms. The summed E-state index contributed by atoms with van der Waals surface area (Å²) in [5.74, 6) is -1.02. The first-order valence-electron chi connectivity index (χ1n) is 6.58. The van der Waals surface area contributed by atoms with Crippen molar-refractivity contribution in [3.63, 3.8) is 0 Å². The van der Waals surface area contributed by atoms with Gasteiger partial charge in [0.05, 0.1) is 18.2 Å². The maximum atomic E-state index is 12.0. The summed E-state index contributed by atoms with van der Waals surface area (Å²) >= 11 is 11.7. The van der Waals surface area contributed by atoms with Gasteiger partial charge in [-0.3, -0.25) is 4.79 Å². The molecule has 1 aromatic carbocycles. The summed E-state index contributed by atoms with van der Waals surface area (Å²) in [7, 11) is 0. The Hall–Kier alpha value is -1.50. The summed E-state index contributed by atoms with van der Waals surface area (Å²) in [4.78, 5) is 23.5. The van der Waals surface area contributed by atoms with Crippen molar-refractivity contribution in [3.8, 4) is 5.75 Å². The van der Waals surface area contributed by atoms with Crippen LogP contribution in [0.3, 0.4) is 0 Å². The number of esters is 1. The normalized spacial score (nSPS) is 13.1. The molecular weight excluding hydrogens is 333 g/mol. The quantitative estimate of drug-likeness (QED) is 0.733. The molecule has 1 amide bonds. The van der Waals surface area contributed by atoms with Gasteiger partial charge in [0.1, 0.15) is 5.75 Å². The molecule has 8 heteroatoms. The lowest BCUT2D eigenvalue weighted by Gasteiger charge is -2.19. The molecule has 6 nitrogen and oxygen atoms in total. The molecule has 2 N–H and O–H groups in total. The van der Waals surface area contributed by atoms with Crippen LogP contribution in [0.5, 0.6) is 5.75 Å². The van der Waals surface area contributed by atoms with E-state index in [9.17, 15) is 9.59 Å². The van der Waals surface area contributed by atoms with Crippen LogP contribution in [-0.4, -0.2) is 42.3 Å². The first-order valence-corrected chi connectivity index (χ1v) is 7.34. The molecule has 0 fully saturated rings. The van der Waals surface area contributed by atoms with E-state index in [-0.39, 0.29) is 17.4 Å². The molecule has 0 aliphatic rings. The summed E-state index contributed by atoms with van der Waals surface area (Å²) in [6, 6.07) is 3.45. The molecule has 122 valence electrons. The predicted molar refractivity (Wildman–Crippen MR) is 82.2 cm³/mol. The third-order valence-electron chi connectivity index (χ3n) is 2.64. The third kappa shape index (κ3) is 5.36. The Kier molecular flexibility index (Phi) is 7.44. The fraction of sp³-hybridized carbons (Fsp3) is 0.429. The van der Waals surface area contributed by atoms with Crippen LogP contribution in [0.2, 0.25) is 10.0 Å². The number of nitrogens with one attached hydrogen (secondary N) is 1. The van der Waals surface area contributed by atoms with E-state index in [4.69, 9.17) is 37.8 Å². The van der Waals surface area contributed by atoms with Crippen LogP contribution in [-0.2, 0) is 14.3 Å². The highest BCUT2D eigenvalue weighted by Crippen LogP contribution is 2.28. The molecule has 0 unspecified atom stereocenters. The number of amides is 1. The molecule has 0 aromatic heterocycles. The number of hydrogen-bond donors (Lipinski definition) is 2. The minimum Gasteiger partial charge on any atom is -0.479 e. The smallest absolute Gasteiger partial charge is 0.331 e. The Bertz CT molecular complexity index is 538. The molecule has 2 atom stereocenters. The van der Waals surface area contributed by atoms with Gasteiger partial charge >= 0.3 is 5.97 Å². The number of carbonyl (C=O) groups excluding carboxylic acids is 2. The van der Waals surface area contributed by atoms with E-state index >= 15 is 0 Å². The Balaban J connectivity index is 2.66. The second-order valence-electron chi connectivity index (χ2n) is 4.33. The van der Waals surface area contributed by atoms with Crippen molar-refractivity contribution in [2.24, 2.45) is 0 Å². The summed E-state index contributed by atoms with van der Waals surface area (Å²) in [5, 5.41) is 12.2. The lowest BCUT2D eigenvalue weighted by atomic mass is 10.2. The van der Waals surface area contributed by atoms with E-state index in [1.807, 2.05) is 0 Å². The fourth-order valence-electron chi connectivity index (χ4n) is 1.53. The van der Waals surface area contributed by atoms with E-state index in [1.165, 1.54) is 19.1 Å². The summed E-state index contributed by atoms with van der Waals surface area (Å²) < 4.78 is 10.1. The third-order valence-corrected chi connectivity index (χ3v) is 3.17. The lowest BCUT2D eigenvalue weighted by Crippen LogP contribution is -2.48. The number of rotatable bonds is 7. The highest BCUT2D eigenvalue weighted by Gasteiger charge is 2.25. The highest BCUT2D eigenvalue weighted by atomic mass is 35.5. The van der Waals surface area contributed by atoms with Crippen LogP contribution in [0.1, 0.15) is 13.8 Å². The van der Waals surface area contributed by atoms with Gasteiger partial charge in [-0.05, 0) is 32.0 Å². The summed E-state index contributed by atoms with van der Waals surface area (Å²) in [5.41, 5.74) is 0. The molecule has 0 saturated carbocycles. The van der Waals surface area contributed by atoms with E-state index in [0.29, 0.717) is 5.02 Å². The Morgan fingerprint density at radius 1 is 1.36 bits per heavy atom. The molecule has 0 bridgehead atoms. The van der Waals surface area contributed by atoms with Crippen molar-refractivity contribution in [1.29, 1.82) is 0 Å². The van der Waals surface area contributed by atoms with Gasteiger partial charge in [0.2, 0.25) is 0 Å². The minimum absolute atomic E-state index is 0.150. The number of carbonyl (C=O) groups is 2. The van der Waals surface area contributed by atoms with Crippen LogP contribution in [0.25, 0.3) is 0 Å². The van der Waals surface area contributed by atoms with Gasteiger partial charge in [0.15, 0.2) is 12.1 Å². The predicted octanol–water partition coefficient (Wildman–Crippen LogP) is 1.80. The van der Waals surface area contributed by atoms with E-state index < -0.39 is 30.6 Å². The maximum Gasteiger partial charge on any atom is 0.331 e. The van der Waals surface area contributed by atoms with Gasteiger partial charge in [-0.2, -0.15) is 0 Å². The van der Waals surface area contributed by atoms with E-state index in [0.717, 1.165) is 0 Å². The van der Waals surface area contributed by atoms with Crippen LogP contribution in [0, 0.1) is 0 Å². The average Bonchev–Trinajstić information content (AvgIpc) is 2.47. The van der Waals surface area contributed by atoms with Crippen LogP contribution < -0.4 is 10.1 Å². The lowest BCUT2D eigenvalue weighted by molar-refractivity contribution is -0.149. The van der Waals surface area contributed by atoms with Crippen LogP contribution in [0.4, 0.5) is 0 Å². The standard InChI is InChI=1S/C14H17Cl2NO5/c1-3-21-14(20)11(7-18)17-13(19)8(2)22-12-5-4-9(15)6-10(12)16/h4-6,8,11,18H,3,7H2,1-2H3,(H,17,19)/t8-,11-/m0/s1. The molecule has 1 rings (SSSR count). The maximum absolute atomic E-state index is 12.0. The van der Waals surface area contributed by atoms with Gasteiger partial charge in [0, 0.05) is 5.02 Å². The Morgan fingerprint density at radius 2 is 2.05 bits per heavy atom. The van der Waals surface area contributed by atoms with Crippen molar-refractivity contribution >= 4 is 35.1 Å². The molecule has 0 saturated heterocycles. The molecule has 0 radical (unpaired) electrons. The Labute approximate surface area is 138 Å². The zero-order valence-electron chi connectivity index (χ0n) is 12.1. The summed E-state index contributed by atoms with van der Waals surface area (Å²) in [6.45, 7) is 2.69. The summed E-state index contributed by atoms with van der Waals surface area (Å²) in [6.07, 6.45) is -0.929. The molecule has 22 heavy (non-hydrogen) atoms. The monoisotopic (exact) mass is 349 g/mol. The van der Waals surface area contributed by atoms with Gasteiger partial charge in [-0.1, -0.05) is 23.2 Å². The van der Waals surface area contributed by atoms with Crippen molar-refractivity contribution in [3.05, 3.63) is 28.2 Å². The van der Waals surface area contributed by atoms with Gasteiger partial charge in [-0.15, -0.1) is 0 Å². The number of benzene rings is 1. The SMILES string of the molecule is CCOC(=O)[C@H](CO)NC(=O)[C@H](C)Oc1ccc(Cl)cc1Cl. The number of hydrogen-bond acceptors (Lipinski definition) is 5. The molecule has 0 heterocycles. The first-order chi connectivity index (χ1) is 10.4. The van der Waals surface area contributed by atoms with E-state index in [1.54, 1.807) is 13.0 Å².